The number of aromatic nitrogens is 3. The second-order valence-corrected chi connectivity index (χ2v) is 5.67. The highest BCUT2D eigenvalue weighted by atomic mass is 79.9. The van der Waals surface area contributed by atoms with Gasteiger partial charge in [0.15, 0.2) is 5.58 Å². The first-order chi connectivity index (χ1) is 9.56. The highest BCUT2D eigenvalue weighted by Gasteiger charge is 2.17. The minimum atomic E-state index is -0.721. The second kappa shape index (κ2) is 4.95. The molecule has 6 nitrogen and oxygen atoms in total. The third-order valence-electron chi connectivity index (χ3n) is 2.61. The zero-order chi connectivity index (χ0) is 14.3. The van der Waals surface area contributed by atoms with E-state index in [0.717, 1.165) is 9.15 Å². The number of hydrogen-bond donors (Lipinski definition) is 0. The number of hydrogen-bond acceptors (Lipinski definition) is 5. The molecule has 0 saturated carbocycles. The van der Waals surface area contributed by atoms with E-state index >= 15 is 0 Å². The molecule has 0 aliphatic rings. The molecule has 0 saturated heterocycles. The molecule has 0 radical (unpaired) electrons. The van der Waals surface area contributed by atoms with E-state index in [4.69, 9.17) is 4.42 Å². The zero-order valence-corrected chi connectivity index (χ0v) is 12.9. The van der Waals surface area contributed by atoms with Gasteiger partial charge in [-0.15, -0.1) is 0 Å². The Kier molecular flexibility index (Phi) is 3.27. The molecule has 0 atom stereocenters. The molecule has 0 spiro atoms. The summed E-state index contributed by atoms with van der Waals surface area (Å²) in [6.45, 7) is 0. The third-order valence-corrected chi connectivity index (χ3v) is 3.66. The average Bonchev–Trinajstić information content (AvgIpc) is 2.92. The fraction of sp³-hybridized carbons (Fsp3) is 0. The van der Waals surface area contributed by atoms with Gasteiger partial charge in [0.05, 0.1) is 4.47 Å². The first kappa shape index (κ1) is 13.2. The van der Waals surface area contributed by atoms with E-state index in [9.17, 15) is 9.59 Å². The standard InChI is InChI=1S/C12H5Br2N3O3/c13-7-1-6-2-8(11(18)17-5-15-4-16-17)12(19)20-10(6)9(14)3-7/h1-5H. The molecule has 0 fully saturated rings. The van der Waals surface area contributed by atoms with Crippen LogP contribution < -0.4 is 5.63 Å². The molecule has 0 N–H and O–H groups in total. The number of benzene rings is 1. The van der Waals surface area contributed by atoms with E-state index in [-0.39, 0.29) is 5.56 Å². The topological polar surface area (TPSA) is 78.0 Å². The molecule has 20 heavy (non-hydrogen) atoms. The lowest BCUT2D eigenvalue weighted by molar-refractivity contribution is 0.0941. The predicted molar refractivity (Wildman–Crippen MR) is 77.6 cm³/mol. The molecule has 0 aliphatic heterocycles. The maximum absolute atomic E-state index is 12.1. The third kappa shape index (κ3) is 2.20. The molecule has 0 amide bonds. The summed E-state index contributed by atoms with van der Waals surface area (Å²) in [7, 11) is 0. The minimum absolute atomic E-state index is 0.104. The second-order valence-electron chi connectivity index (χ2n) is 3.90. The van der Waals surface area contributed by atoms with E-state index in [1.807, 2.05) is 0 Å². The van der Waals surface area contributed by atoms with Crippen molar-refractivity contribution < 1.29 is 9.21 Å². The quantitative estimate of drug-likeness (QED) is 0.588. The Hall–Kier alpha value is -1.80. The van der Waals surface area contributed by atoms with Gasteiger partial charge in [-0.25, -0.2) is 9.78 Å². The number of carbonyl (C=O) groups excluding carboxylic acids is 1. The van der Waals surface area contributed by atoms with Crippen molar-refractivity contribution in [2.45, 2.75) is 0 Å². The van der Waals surface area contributed by atoms with Gasteiger partial charge < -0.3 is 4.42 Å². The summed E-state index contributed by atoms with van der Waals surface area (Å²) in [6, 6.07) is 4.98. The van der Waals surface area contributed by atoms with Crippen LogP contribution in [0, 0.1) is 0 Å². The van der Waals surface area contributed by atoms with Crippen molar-refractivity contribution in [2.75, 3.05) is 0 Å². The van der Waals surface area contributed by atoms with Crippen LogP contribution in [0.25, 0.3) is 11.0 Å². The van der Waals surface area contributed by atoms with E-state index < -0.39 is 11.5 Å². The van der Waals surface area contributed by atoms with Crippen LogP contribution in [0.5, 0.6) is 0 Å². The minimum Gasteiger partial charge on any atom is -0.421 e. The van der Waals surface area contributed by atoms with Gasteiger partial charge in [0.2, 0.25) is 0 Å². The first-order valence-electron chi connectivity index (χ1n) is 5.38. The summed E-state index contributed by atoms with van der Waals surface area (Å²) in [5, 5.41) is 4.33. The SMILES string of the molecule is O=C(c1cc2cc(Br)cc(Br)c2oc1=O)n1cncn1. The van der Waals surface area contributed by atoms with Crippen molar-refractivity contribution >= 4 is 48.7 Å². The Morgan fingerprint density at radius 1 is 1.25 bits per heavy atom. The van der Waals surface area contributed by atoms with Crippen LogP contribution in [0.15, 0.2) is 49.0 Å². The molecule has 1 aromatic carbocycles. The summed E-state index contributed by atoms with van der Waals surface area (Å²) in [5.41, 5.74) is -0.442. The molecular weight excluding hydrogens is 394 g/mol. The molecule has 3 rings (SSSR count). The lowest BCUT2D eigenvalue weighted by Gasteiger charge is -2.03. The van der Waals surface area contributed by atoms with Gasteiger partial charge in [-0.2, -0.15) is 9.78 Å². The largest absolute Gasteiger partial charge is 0.421 e. The Morgan fingerprint density at radius 3 is 2.75 bits per heavy atom. The Morgan fingerprint density at radius 2 is 2.05 bits per heavy atom. The van der Waals surface area contributed by atoms with Crippen molar-refractivity contribution in [1.82, 2.24) is 14.8 Å². The van der Waals surface area contributed by atoms with E-state index in [2.05, 4.69) is 41.9 Å². The molecule has 0 unspecified atom stereocenters. The van der Waals surface area contributed by atoms with Gasteiger partial charge in [0.25, 0.3) is 5.91 Å². The van der Waals surface area contributed by atoms with Gasteiger partial charge in [-0.3, -0.25) is 4.79 Å². The maximum Gasteiger partial charge on any atom is 0.349 e. The van der Waals surface area contributed by atoms with Crippen molar-refractivity contribution in [3.05, 3.63) is 55.8 Å². The summed E-state index contributed by atoms with van der Waals surface area (Å²) < 4.78 is 7.59. The van der Waals surface area contributed by atoms with Gasteiger partial charge in [0.1, 0.15) is 18.2 Å². The van der Waals surface area contributed by atoms with Crippen molar-refractivity contribution in [3.8, 4) is 0 Å². The molecule has 2 aromatic heterocycles. The van der Waals surface area contributed by atoms with Gasteiger partial charge >= 0.3 is 5.63 Å². The van der Waals surface area contributed by atoms with Gasteiger partial charge in [-0.1, -0.05) is 15.9 Å². The smallest absolute Gasteiger partial charge is 0.349 e. The summed E-state index contributed by atoms with van der Waals surface area (Å²) >= 11 is 6.65. The molecule has 3 aromatic rings. The summed E-state index contributed by atoms with van der Waals surface area (Å²) in [5.74, 6) is -0.589. The predicted octanol–water partition coefficient (Wildman–Crippen LogP) is 2.60. The maximum atomic E-state index is 12.1. The van der Waals surface area contributed by atoms with E-state index in [1.54, 1.807) is 12.1 Å². The van der Waals surface area contributed by atoms with Crippen LogP contribution in [-0.2, 0) is 0 Å². The van der Waals surface area contributed by atoms with Crippen LogP contribution >= 0.6 is 31.9 Å². The fourth-order valence-electron chi connectivity index (χ4n) is 1.74. The number of carbonyl (C=O) groups is 1. The van der Waals surface area contributed by atoms with Crippen molar-refractivity contribution in [3.63, 3.8) is 0 Å². The number of nitrogens with zero attached hydrogens (tertiary/aromatic N) is 3. The number of rotatable bonds is 1. The molecule has 2 heterocycles. The summed E-state index contributed by atoms with van der Waals surface area (Å²) in [6.07, 6.45) is 2.44. The van der Waals surface area contributed by atoms with Crippen molar-refractivity contribution in [2.24, 2.45) is 0 Å². The molecule has 100 valence electrons. The first-order valence-corrected chi connectivity index (χ1v) is 6.97. The van der Waals surface area contributed by atoms with Crippen LogP contribution in [-0.4, -0.2) is 20.7 Å². The molecule has 0 aliphatic carbocycles. The molecule has 0 bridgehead atoms. The average molecular weight is 399 g/mol. The monoisotopic (exact) mass is 397 g/mol. The summed E-state index contributed by atoms with van der Waals surface area (Å²) in [4.78, 5) is 27.7. The fourth-order valence-corrected chi connectivity index (χ4v) is 3.08. The van der Waals surface area contributed by atoms with Gasteiger partial charge in [-0.05, 0) is 34.1 Å². The van der Waals surface area contributed by atoms with Crippen LogP contribution in [0.1, 0.15) is 10.4 Å². The Labute approximate surface area is 128 Å². The highest BCUT2D eigenvalue weighted by Crippen LogP contribution is 2.28. The Bertz CT molecular complexity index is 872. The zero-order valence-electron chi connectivity index (χ0n) is 9.71. The lowest BCUT2D eigenvalue weighted by atomic mass is 10.2. The number of fused-ring (bicyclic) bond motifs is 1. The molecule has 8 heteroatoms. The lowest BCUT2D eigenvalue weighted by Crippen LogP contribution is -2.21. The van der Waals surface area contributed by atoms with E-state index in [0.29, 0.717) is 15.4 Å². The van der Waals surface area contributed by atoms with Gasteiger partial charge in [0, 0.05) is 9.86 Å². The number of halogens is 2. The van der Waals surface area contributed by atoms with Crippen molar-refractivity contribution in [1.29, 1.82) is 0 Å². The van der Waals surface area contributed by atoms with Crippen LogP contribution in [0.2, 0.25) is 0 Å². The van der Waals surface area contributed by atoms with E-state index in [1.165, 1.54) is 18.7 Å². The normalized spacial score (nSPS) is 10.9. The van der Waals surface area contributed by atoms with Crippen LogP contribution in [0.3, 0.4) is 0 Å². The van der Waals surface area contributed by atoms with Crippen LogP contribution in [0.4, 0.5) is 0 Å². The molecular formula is C12H5Br2N3O3. The Balaban J connectivity index is 2.25. The highest BCUT2D eigenvalue weighted by molar-refractivity contribution is 9.11.